The first kappa shape index (κ1) is 27.4. The van der Waals surface area contributed by atoms with Crippen molar-refractivity contribution in [3.63, 3.8) is 0 Å². The third-order valence-electron chi connectivity index (χ3n) is 7.37. The molecular formula is C26H38ClN7O3. The number of aromatic nitrogens is 2. The van der Waals surface area contributed by atoms with E-state index in [4.69, 9.17) is 27.2 Å². The van der Waals surface area contributed by atoms with Gasteiger partial charge >= 0.3 is 0 Å². The van der Waals surface area contributed by atoms with Gasteiger partial charge in [0.05, 0.1) is 13.7 Å². The fourth-order valence-corrected chi connectivity index (χ4v) is 5.59. The molecule has 1 aromatic heterocycles. The number of hydrogen-bond donors (Lipinski definition) is 3. The Morgan fingerprint density at radius 2 is 1.92 bits per heavy atom. The van der Waals surface area contributed by atoms with Gasteiger partial charge < -0.3 is 25.8 Å². The summed E-state index contributed by atoms with van der Waals surface area (Å²) in [4.78, 5) is 28.2. The zero-order valence-corrected chi connectivity index (χ0v) is 22.5. The van der Waals surface area contributed by atoms with E-state index in [1.165, 1.54) is 5.56 Å². The summed E-state index contributed by atoms with van der Waals surface area (Å²) < 4.78 is 5.27. The minimum absolute atomic E-state index is 0.0192. The molecular weight excluding hydrogens is 494 g/mol. The van der Waals surface area contributed by atoms with Crippen molar-refractivity contribution in [2.75, 3.05) is 63.6 Å². The molecule has 2 aromatic rings. The van der Waals surface area contributed by atoms with Gasteiger partial charge in [0.15, 0.2) is 22.5 Å². The summed E-state index contributed by atoms with van der Waals surface area (Å²) in [7, 11) is 1.69. The number of aliphatic hydroxyl groups excluding tert-OH is 1. The zero-order valence-electron chi connectivity index (χ0n) is 21.7. The first-order chi connectivity index (χ1) is 17.9. The highest BCUT2D eigenvalue weighted by Crippen LogP contribution is 2.30. The van der Waals surface area contributed by atoms with Gasteiger partial charge in [-0.1, -0.05) is 30.7 Å². The Morgan fingerprint density at radius 3 is 2.57 bits per heavy atom. The second-order valence-electron chi connectivity index (χ2n) is 9.65. The average Bonchev–Trinajstić information content (AvgIpc) is 2.93. The molecule has 2 saturated heterocycles. The lowest BCUT2D eigenvalue weighted by Gasteiger charge is -2.47. The molecule has 0 aliphatic carbocycles. The third-order valence-corrected chi connectivity index (χ3v) is 7.62. The number of nitrogens with zero attached hydrogens (tertiary/aromatic N) is 5. The van der Waals surface area contributed by atoms with Crippen LogP contribution in [-0.4, -0.2) is 95.9 Å². The zero-order chi connectivity index (χ0) is 26.4. The van der Waals surface area contributed by atoms with E-state index in [9.17, 15) is 4.79 Å². The summed E-state index contributed by atoms with van der Waals surface area (Å²) in [5, 5.41) is 11.6. The van der Waals surface area contributed by atoms with Gasteiger partial charge in [-0.05, 0) is 50.0 Å². The maximum absolute atomic E-state index is 12.2. The van der Waals surface area contributed by atoms with Crippen molar-refractivity contribution in [3.8, 4) is 5.75 Å². The van der Waals surface area contributed by atoms with Crippen molar-refractivity contribution < 1.29 is 14.6 Å². The van der Waals surface area contributed by atoms with Crippen LogP contribution >= 0.6 is 11.6 Å². The van der Waals surface area contributed by atoms with E-state index in [1.807, 2.05) is 12.1 Å². The van der Waals surface area contributed by atoms with E-state index >= 15 is 0 Å². The minimum Gasteiger partial charge on any atom is -0.497 e. The number of nitrogens with one attached hydrogen (secondary N) is 1. The number of benzene rings is 1. The Kier molecular flexibility index (Phi) is 9.42. The van der Waals surface area contributed by atoms with Crippen LogP contribution in [0.2, 0.25) is 5.15 Å². The fourth-order valence-electron chi connectivity index (χ4n) is 5.34. The Bertz CT molecular complexity index is 1050. The van der Waals surface area contributed by atoms with Crippen LogP contribution in [0.25, 0.3) is 0 Å². The molecule has 37 heavy (non-hydrogen) atoms. The first-order valence-corrected chi connectivity index (χ1v) is 13.4. The van der Waals surface area contributed by atoms with Crippen LogP contribution in [0.3, 0.4) is 0 Å². The van der Waals surface area contributed by atoms with Crippen molar-refractivity contribution in [2.24, 2.45) is 0 Å². The molecule has 0 unspecified atom stereocenters. The highest BCUT2D eigenvalue weighted by molar-refractivity contribution is 6.32. The summed E-state index contributed by atoms with van der Waals surface area (Å²) >= 11 is 6.46. The van der Waals surface area contributed by atoms with Gasteiger partial charge in [0.1, 0.15) is 5.75 Å². The number of likely N-dealkylation sites (tertiary alicyclic amines) is 1. The molecule has 1 atom stereocenters. The van der Waals surface area contributed by atoms with E-state index in [1.54, 1.807) is 7.11 Å². The predicted molar refractivity (Wildman–Crippen MR) is 145 cm³/mol. The summed E-state index contributed by atoms with van der Waals surface area (Å²) in [5.74, 6) is 0.948. The fraction of sp³-hybridized carbons (Fsp3) is 0.577. The van der Waals surface area contributed by atoms with Crippen LogP contribution in [0.15, 0.2) is 24.3 Å². The number of piperazine rings is 1. The van der Waals surface area contributed by atoms with E-state index in [0.29, 0.717) is 17.9 Å². The van der Waals surface area contributed by atoms with Crippen LogP contribution in [0.4, 0.5) is 11.6 Å². The second kappa shape index (κ2) is 12.7. The van der Waals surface area contributed by atoms with Crippen LogP contribution in [0.5, 0.6) is 5.75 Å². The number of carbonyl (C=O) groups is 1. The van der Waals surface area contributed by atoms with Crippen LogP contribution in [0, 0.1) is 0 Å². The number of ether oxygens (including phenoxy) is 1. The lowest BCUT2D eigenvalue weighted by atomic mass is 9.98. The normalized spacial score (nSPS) is 19.7. The Morgan fingerprint density at radius 1 is 1.19 bits per heavy atom. The molecule has 1 amide bonds. The van der Waals surface area contributed by atoms with Crippen LogP contribution in [0.1, 0.15) is 42.2 Å². The SMILES string of the molecule is CC[C@H]1CN(c2nc(N)c(C(=O)NCCO)nc2Cl)CCN1C1CCN(Cc2ccc(OC)cc2)CC1. The van der Waals surface area contributed by atoms with E-state index in [2.05, 4.69) is 49.0 Å². The highest BCUT2D eigenvalue weighted by atomic mass is 35.5. The Labute approximate surface area is 223 Å². The number of amides is 1. The Balaban J connectivity index is 1.34. The summed E-state index contributed by atoms with van der Waals surface area (Å²) in [6.07, 6.45) is 3.32. The lowest BCUT2D eigenvalue weighted by molar-refractivity contribution is 0.0610. The van der Waals surface area contributed by atoms with Gasteiger partial charge in [-0.3, -0.25) is 14.6 Å². The summed E-state index contributed by atoms with van der Waals surface area (Å²) in [6.45, 7) is 7.76. The van der Waals surface area contributed by atoms with E-state index in [0.717, 1.165) is 64.3 Å². The topological polar surface area (TPSA) is 120 Å². The number of carbonyl (C=O) groups excluding carboxylic acids is 1. The quantitative estimate of drug-likeness (QED) is 0.446. The van der Waals surface area contributed by atoms with Gasteiger partial charge in [0, 0.05) is 44.8 Å². The van der Waals surface area contributed by atoms with Crippen molar-refractivity contribution >= 4 is 29.1 Å². The van der Waals surface area contributed by atoms with E-state index in [-0.39, 0.29) is 29.8 Å². The largest absolute Gasteiger partial charge is 0.497 e. The smallest absolute Gasteiger partial charge is 0.273 e. The number of methoxy groups -OCH3 is 1. The molecule has 10 nitrogen and oxygen atoms in total. The second-order valence-corrected chi connectivity index (χ2v) is 10.0. The third kappa shape index (κ3) is 6.62. The number of rotatable bonds is 9. The van der Waals surface area contributed by atoms with E-state index < -0.39 is 5.91 Å². The number of hydrogen-bond acceptors (Lipinski definition) is 9. The minimum atomic E-state index is -0.498. The maximum atomic E-state index is 12.2. The first-order valence-electron chi connectivity index (χ1n) is 13.0. The molecule has 202 valence electrons. The van der Waals surface area contributed by atoms with Crippen molar-refractivity contribution in [1.29, 1.82) is 0 Å². The van der Waals surface area contributed by atoms with Gasteiger partial charge in [0.25, 0.3) is 5.91 Å². The Hall–Kier alpha value is -2.66. The standard InChI is InChI=1S/C26H38ClN7O3/c1-3-19-17-33(25-23(27)30-22(24(28)31-25)26(36)29-10-15-35)13-14-34(19)20-8-11-32(12-9-20)16-18-4-6-21(37-2)7-5-18/h4-7,19-20,35H,3,8-17H2,1-2H3,(H2,28,31)(H,29,36)/t19-/m0/s1. The predicted octanol–water partition coefficient (Wildman–Crippen LogP) is 2.01. The molecule has 2 fully saturated rings. The lowest BCUT2D eigenvalue weighted by Crippen LogP contribution is -2.58. The monoisotopic (exact) mass is 531 g/mol. The number of piperidine rings is 1. The molecule has 1 aromatic carbocycles. The van der Waals surface area contributed by atoms with Gasteiger partial charge in [-0.25, -0.2) is 9.97 Å². The molecule has 11 heteroatoms. The molecule has 2 aliphatic rings. The summed E-state index contributed by atoms with van der Waals surface area (Å²) in [6, 6.07) is 9.27. The van der Waals surface area contributed by atoms with Crippen molar-refractivity contribution in [2.45, 2.75) is 44.8 Å². The molecule has 0 bridgehead atoms. The maximum Gasteiger partial charge on any atom is 0.273 e. The highest BCUT2D eigenvalue weighted by Gasteiger charge is 2.34. The summed E-state index contributed by atoms with van der Waals surface area (Å²) in [5.41, 5.74) is 7.35. The number of nitrogen functional groups attached to an aromatic ring is 1. The van der Waals surface area contributed by atoms with Crippen LogP contribution < -0.4 is 20.7 Å². The molecule has 4 N–H and O–H groups in total. The van der Waals surface area contributed by atoms with Crippen molar-refractivity contribution in [3.05, 3.63) is 40.7 Å². The molecule has 2 aliphatic heterocycles. The molecule has 3 heterocycles. The molecule has 0 radical (unpaired) electrons. The van der Waals surface area contributed by atoms with Crippen molar-refractivity contribution in [1.82, 2.24) is 25.1 Å². The average molecular weight is 532 g/mol. The van der Waals surface area contributed by atoms with Gasteiger partial charge in [-0.15, -0.1) is 0 Å². The van der Waals surface area contributed by atoms with Gasteiger partial charge in [-0.2, -0.15) is 0 Å². The molecule has 4 rings (SSSR count). The number of aliphatic hydroxyl groups is 1. The molecule has 0 saturated carbocycles. The molecule has 0 spiro atoms. The number of anilines is 2. The van der Waals surface area contributed by atoms with Gasteiger partial charge in [0.2, 0.25) is 0 Å². The van der Waals surface area contributed by atoms with Crippen LogP contribution in [-0.2, 0) is 6.54 Å². The number of nitrogens with two attached hydrogens (primary N) is 1. The number of halogens is 1.